The molecule has 2 atom stereocenters. The third-order valence-corrected chi connectivity index (χ3v) is 8.30. The second-order valence-corrected chi connectivity index (χ2v) is 11.3. The van der Waals surface area contributed by atoms with Gasteiger partial charge in [-0.25, -0.2) is 18.4 Å². The van der Waals surface area contributed by atoms with Gasteiger partial charge >= 0.3 is 11.9 Å². The van der Waals surface area contributed by atoms with Crippen molar-refractivity contribution < 1.29 is 27.8 Å². The summed E-state index contributed by atoms with van der Waals surface area (Å²) in [6.07, 6.45) is 14.7. The van der Waals surface area contributed by atoms with Crippen LogP contribution in [0.1, 0.15) is 142 Å². The molecule has 0 unspecified atom stereocenters. The molecule has 0 spiro atoms. The van der Waals surface area contributed by atoms with E-state index in [9.17, 15) is 18.4 Å². The minimum atomic E-state index is -1.49. The van der Waals surface area contributed by atoms with E-state index in [1.807, 2.05) is 0 Å². The smallest absolute Gasteiger partial charge is 0.340 e. The molecule has 0 aromatic carbocycles. The van der Waals surface area contributed by atoms with Crippen LogP contribution in [0.4, 0.5) is 8.78 Å². The minimum absolute atomic E-state index is 0.159. The van der Waals surface area contributed by atoms with E-state index in [4.69, 9.17) is 9.47 Å². The molecular weight excluding hydrogens is 462 g/mol. The molecule has 2 fully saturated rings. The van der Waals surface area contributed by atoms with E-state index in [1.165, 1.54) is 0 Å². The molecule has 0 heterocycles. The maximum atomic E-state index is 14.2. The molecule has 0 radical (unpaired) electrons. The van der Waals surface area contributed by atoms with Crippen molar-refractivity contribution in [3.05, 3.63) is 0 Å². The summed E-state index contributed by atoms with van der Waals surface area (Å²) in [5.41, 5.74) is 0. The van der Waals surface area contributed by atoms with E-state index >= 15 is 0 Å². The predicted molar refractivity (Wildman–Crippen MR) is 140 cm³/mol. The number of hydrogen-bond acceptors (Lipinski definition) is 4. The Bertz CT molecular complexity index is 546. The predicted octanol–water partition coefficient (Wildman–Crippen LogP) is 8.59. The second kappa shape index (κ2) is 18.1. The second-order valence-electron chi connectivity index (χ2n) is 11.3. The van der Waals surface area contributed by atoms with Crippen LogP contribution < -0.4 is 0 Å². The van der Waals surface area contributed by atoms with Crippen LogP contribution >= 0.6 is 0 Å². The van der Waals surface area contributed by atoms with E-state index in [-0.39, 0.29) is 25.0 Å². The molecule has 210 valence electrons. The average molecular weight is 515 g/mol. The SMILES string of the molecule is CCCCCCC[C@H](F)C(=O)OC1CCC(C2CCC(OC(=O)[C@@H](F)CCCCCCC)CC2)CC1. The Morgan fingerprint density at radius 2 is 0.917 bits per heavy atom. The third-order valence-electron chi connectivity index (χ3n) is 8.30. The number of hydrogen-bond donors (Lipinski definition) is 0. The zero-order chi connectivity index (χ0) is 26.2. The van der Waals surface area contributed by atoms with Crippen molar-refractivity contribution in [2.24, 2.45) is 11.8 Å². The van der Waals surface area contributed by atoms with Crippen molar-refractivity contribution >= 4 is 11.9 Å². The first kappa shape index (κ1) is 31.0. The molecule has 0 aromatic rings. The van der Waals surface area contributed by atoms with Gasteiger partial charge in [-0.15, -0.1) is 0 Å². The molecule has 6 heteroatoms. The van der Waals surface area contributed by atoms with Crippen LogP contribution in [0.5, 0.6) is 0 Å². The lowest BCUT2D eigenvalue weighted by molar-refractivity contribution is -0.159. The summed E-state index contributed by atoms with van der Waals surface area (Å²) in [6, 6.07) is 0. The molecule has 0 N–H and O–H groups in total. The van der Waals surface area contributed by atoms with Gasteiger partial charge in [0.25, 0.3) is 0 Å². The highest BCUT2D eigenvalue weighted by atomic mass is 19.1. The number of alkyl halides is 2. The summed E-state index contributed by atoms with van der Waals surface area (Å²) < 4.78 is 39.3. The fourth-order valence-electron chi connectivity index (χ4n) is 5.92. The summed E-state index contributed by atoms with van der Waals surface area (Å²) in [5, 5.41) is 0. The summed E-state index contributed by atoms with van der Waals surface area (Å²) >= 11 is 0. The van der Waals surface area contributed by atoms with Crippen LogP contribution in [-0.4, -0.2) is 36.5 Å². The van der Waals surface area contributed by atoms with E-state index < -0.39 is 24.3 Å². The van der Waals surface area contributed by atoms with Crippen molar-refractivity contribution in [1.82, 2.24) is 0 Å². The normalized spacial score (nSPS) is 26.2. The van der Waals surface area contributed by atoms with E-state index in [2.05, 4.69) is 13.8 Å². The van der Waals surface area contributed by atoms with Gasteiger partial charge in [-0.3, -0.25) is 0 Å². The van der Waals surface area contributed by atoms with Gasteiger partial charge in [0.15, 0.2) is 12.3 Å². The van der Waals surface area contributed by atoms with E-state index in [1.54, 1.807) is 0 Å². The Morgan fingerprint density at radius 1 is 0.583 bits per heavy atom. The van der Waals surface area contributed by atoms with Crippen molar-refractivity contribution in [2.45, 2.75) is 167 Å². The number of rotatable bonds is 17. The Kier molecular flexibility index (Phi) is 15.6. The topological polar surface area (TPSA) is 52.6 Å². The fraction of sp³-hybridized carbons (Fsp3) is 0.933. The molecule has 2 aliphatic rings. The molecule has 2 aliphatic carbocycles. The van der Waals surface area contributed by atoms with Gasteiger partial charge in [-0.05, 0) is 88.9 Å². The molecule has 4 nitrogen and oxygen atoms in total. The number of halogens is 2. The summed E-state index contributed by atoms with van der Waals surface area (Å²) in [7, 11) is 0. The quantitative estimate of drug-likeness (QED) is 0.144. The highest BCUT2D eigenvalue weighted by molar-refractivity contribution is 5.75. The first-order chi connectivity index (χ1) is 17.4. The van der Waals surface area contributed by atoms with Crippen LogP contribution in [0.3, 0.4) is 0 Å². The molecular formula is C30H52F2O4. The molecule has 0 aromatic heterocycles. The lowest BCUT2D eigenvalue weighted by Gasteiger charge is -2.37. The molecule has 2 saturated carbocycles. The lowest BCUT2D eigenvalue weighted by atomic mass is 9.72. The number of carbonyl (C=O) groups excluding carboxylic acids is 2. The van der Waals surface area contributed by atoms with Crippen LogP contribution in [0.25, 0.3) is 0 Å². The van der Waals surface area contributed by atoms with Crippen LogP contribution in [0.2, 0.25) is 0 Å². The van der Waals surface area contributed by atoms with Crippen molar-refractivity contribution in [3.8, 4) is 0 Å². The van der Waals surface area contributed by atoms with Gasteiger partial charge in [-0.1, -0.05) is 65.2 Å². The molecule has 0 amide bonds. The van der Waals surface area contributed by atoms with Crippen LogP contribution in [0.15, 0.2) is 0 Å². The standard InChI is InChI=1S/C30H52F2O4/c1-3-5-7-9-11-13-27(31)29(33)35-25-19-15-23(16-20-25)24-17-21-26(22-18-24)36-30(34)28(32)14-12-10-8-6-4-2/h23-28H,3-22H2,1-2H3/t23?,24?,25?,26?,27-,28-/m0/s1. The first-order valence-electron chi connectivity index (χ1n) is 15.1. The average Bonchev–Trinajstić information content (AvgIpc) is 2.89. The third kappa shape index (κ3) is 11.9. The van der Waals surface area contributed by atoms with Crippen molar-refractivity contribution in [3.63, 3.8) is 0 Å². The Balaban J connectivity index is 1.57. The van der Waals surface area contributed by atoms with Crippen molar-refractivity contribution in [2.75, 3.05) is 0 Å². The zero-order valence-electron chi connectivity index (χ0n) is 23.0. The summed E-state index contributed by atoms with van der Waals surface area (Å²) in [6.45, 7) is 4.29. The minimum Gasteiger partial charge on any atom is -0.460 e. The van der Waals surface area contributed by atoms with Gasteiger partial charge in [-0.2, -0.15) is 0 Å². The van der Waals surface area contributed by atoms with Crippen LogP contribution in [-0.2, 0) is 19.1 Å². The summed E-state index contributed by atoms with van der Waals surface area (Å²) in [5.74, 6) is -0.200. The van der Waals surface area contributed by atoms with Gasteiger partial charge in [0.2, 0.25) is 0 Å². The molecule has 36 heavy (non-hydrogen) atoms. The van der Waals surface area contributed by atoms with Gasteiger partial charge in [0, 0.05) is 0 Å². The monoisotopic (exact) mass is 514 g/mol. The van der Waals surface area contributed by atoms with Crippen molar-refractivity contribution in [1.29, 1.82) is 0 Å². The molecule has 0 aliphatic heterocycles. The fourth-order valence-corrected chi connectivity index (χ4v) is 5.92. The lowest BCUT2D eigenvalue weighted by Crippen LogP contribution is -2.34. The molecule has 2 rings (SSSR count). The zero-order valence-corrected chi connectivity index (χ0v) is 23.0. The summed E-state index contributed by atoms with van der Waals surface area (Å²) in [4.78, 5) is 24.2. The van der Waals surface area contributed by atoms with Gasteiger partial charge < -0.3 is 9.47 Å². The van der Waals surface area contributed by atoms with Crippen LogP contribution in [0, 0.1) is 11.8 Å². The number of ether oxygens (including phenoxy) is 2. The van der Waals surface area contributed by atoms with E-state index in [0.717, 1.165) is 116 Å². The maximum absolute atomic E-state index is 14.2. The van der Waals surface area contributed by atoms with E-state index in [0.29, 0.717) is 11.8 Å². The Hall–Kier alpha value is -1.20. The maximum Gasteiger partial charge on any atom is 0.340 e. The largest absolute Gasteiger partial charge is 0.460 e. The number of unbranched alkanes of at least 4 members (excludes halogenated alkanes) is 8. The van der Waals surface area contributed by atoms with Gasteiger partial charge in [0.1, 0.15) is 12.2 Å². The Labute approximate surface area is 218 Å². The number of esters is 2. The number of carbonyl (C=O) groups is 2. The Morgan fingerprint density at radius 3 is 1.25 bits per heavy atom. The first-order valence-corrected chi connectivity index (χ1v) is 15.1. The van der Waals surface area contributed by atoms with Gasteiger partial charge in [0.05, 0.1) is 0 Å². The highest BCUT2D eigenvalue weighted by Gasteiger charge is 2.34. The molecule has 0 bridgehead atoms. The highest BCUT2D eigenvalue weighted by Crippen LogP contribution is 2.40. The molecule has 0 saturated heterocycles.